The maximum atomic E-state index is 5.63. The van der Waals surface area contributed by atoms with Gasteiger partial charge in [-0.1, -0.05) is 12.2 Å². The molecule has 0 amide bonds. The van der Waals surface area contributed by atoms with Crippen LogP contribution in [0.3, 0.4) is 0 Å². The van der Waals surface area contributed by atoms with Gasteiger partial charge in [-0.2, -0.15) is 5.10 Å². The third-order valence-corrected chi connectivity index (χ3v) is 2.79. The first kappa shape index (κ1) is 12.4. The number of hydrogen-bond donors (Lipinski definition) is 2. The molecule has 92 valence electrons. The summed E-state index contributed by atoms with van der Waals surface area (Å²) in [6.07, 6.45) is 5.15. The first-order chi connectivity index (χ1) is 8.68. The summed E-state index contributed by atoms with van der Waals surface area (Å²) in [6.45, 7) is 2.64. The number of nitrogens with zero attached hydrogens (tertiary/aromatic N) is 3. The van der Waals surface area contributed by atoms with Crippen LogP contribution in [0.2, 0.25) is 0 Å². The van der Waals surface area contributed by atoms with Crippen LogP contribution in [0.15, 0.2) is 30.7 Å². The molecule has 0 aromatic carbocycles. The highest BCUT2D eigenvalue weighted by Crippen LogP contribution is 2.13. The Morgan fingerprint density at radius 2 is 2.22 bits per heavy atom. The predicted molar refractivity (Wildman–Crippen MR) is 74.2 cm³/mol. The van der Waals surface area contributed by atoms with Crippen LogP contribution in [0.25, 0.3) is 0 Å². The zero-order chi connectivity index (χ0) is 13.0. The number of aromatic nitrogens is 3. The second kappa shape index (κ2) is 5.50. The Hall–Kier alpha value is -2.08. The van der Waals surface area contributed by atoms with Crippen molar-refractivity contribution in [3.8, 4) is 0 Å². The molecule has 2 rings (SSSR count). The third kappa shape index (κ3) is 2.78. The summed E-state index contributed by atoms with van der Waals surface area (Å²) in [5, 5.41) is 11.0. The van der Waals surface area contributed by atoms with Gasteiger partial charge < -0.3 is 11.1 Å². The Morgan fingerprint density at radius 1 is 1.39 bits per heavy atom. The minimum atomic E-state index is 0.304. The van der Waals surface area contributed by atoms with E-state index in [1.807, 2.05) is 19.2 Å². The number of anilines is 1. The lowest BCUT2D eigenvalue weighted by molar-refractivity contribution is 0.989. The molecule has 0 unspecified atom stereocenters. The van der Waals surface area contributed by atoms with Gasteiger partial charge in [0.05, 0.1) is 11.8 Å². The molecule has 0 spiro atoms. The van der Waals surface area contributed by atoms with Crippen LogP contribution in [-0.2, 0) is 6.54 Å². The lowest BCUT2D eigenvalue weighted by atomic mass is 10.1. The van der Waals surface area contributed by atoms with Crippen molar-refractivity contribution in [2.24, 2.45) is 5.73 Å². The fourth-order valence-corrected chi connectivity index (χ4v) is 1.71. The van der Waals surface area contributed by atoms with E-state index in [2.05, 4.69) is 20.5 Å². The van der Waals surface area contributed by atoms with Crippen LogP contribution in [-0.4, -0.2) is 20.2 Å². The van der Waals surface area contributed by atoms with E-state index in [1.54, 1.807) is 18.5 Å². The van der Waals surface area contributed by atoms with Gasteiger partial charge in [0.15, 0.2) is 5.82 Å². The summed E-state index contributed by atoms with van der Waals surface area (Å²) < 4.78 is 0. The molecule has 0 saturated carbocycles. The van der Waals surface area contributed by atoms with Gasteiger partial charge in [0.1, 0.15) is 4.99 Å². The van der Waals surface area contributed by atoms with Crippen molar-refractivity contribution in [1.29, 1.82) is 0 Å². The lowest BCUT2D eigenvalue weighted by Gasteiger charge is -2.10. The van der Waals surface area contributed by atoms with Crippen LogP contribution >= 0.6 is 12.2 Å². The topological polar surface area (TPSA) is 76.7 Å². The van der Waals surface area contributed by atoms with Crippen LogP contribution in [0.5, 0.6) is 0 Å². The molecule has 0 atom stereocenters. The highest BCUT2D eigenvalue weighted by molar-refractivity contribution is 7.80. The van der Waals surface area contributed by atoms with Gasteiger partial charge in [-0.15, -0.1) is 5.10 Å². The maximum absolute atomic E-state index is 5.63. The Labute approximate surface area is 110 Å². The standard InChI is InChI=1S/C12H13N5S/c1-8-6-14-4-2-9(8)7-15-12-10(11(13)18)3-5-16-17-12/h2-6H,7H2,1H3,(H2,13,18)(H,15,17). The molecule has 0 bridgehead atoms. The zero-order valence-corrected chi connectivity index (χ0v) is 10.7. The SMILES string of the molecule is Cc1cnccc1CNc1nnccc1C(N)=S. The number of hydrogen-bond acceptors (Lipinski definition) is 5. The molecule has 0 radical (unpaired) electrons. The van der Waals surface area contributed by atoms with Gasteiger partial charge >= 0.3 is 0 Å². The normalized spacial score (nSPS) is 10.1. The number of aryl methyl sites for hydroxylation is 1. The fourth-order valence-electron chi connectivity index (χ4n) is 1.54. The van der Waals surface area contributed by atoms with Crippen molar-refractivity contribution in [3.63, 3.8) is 0 Å². The minimum Gasteiger partial charge on any atom is -0.389 e. The lowest BCUT2D eigenvalue weighted by Crippen LogP contribution is -2.15. The van der Waals surface area contributed by atoms with Crippen LogP contribution in [0.4, 0.5) is 5.82 Å². The molecule has 0 aliphatic rings. The molecule has 2 heterocycles. The van der Waals surface area contributed by atoms with E-state index < -0.39 is 0 Å². The van der Waals surface area contributed by atoms with Crippen LogP contribution < -0.4 is 11.1 Å². The van der Waals surface area contributed by atoms with E-state index in [0.717, 1.165) is 11.1 Å². The highest BCUT2D eigenvalue weighted by Gasteiger charge is 2.06. The van der Waals surface area contributed by atoms with Gasteiger partial charge in [-0.3, -0.25) is 4.98 Å². The summed E-state index contributed by atoms with van der Waals surface area (Å²) >= 11 is 4.97. The quantitative estimate of drug-likeness (QED) is 0.809. The number of thiocarbonyl (C=S) groups is 1. The third-order valence-electron chi connectivity index (χ3n) is 2.57. The molecular formula is C12H13N5S. The summed E-state index contributed by atoms with van der Waals surface area (Å²) in [5.41, 5.74) is 8.59. The van der Waals surface area contributed by atoms with Crippen molar-refractivity contribution in [2.45, 2.75) is 13.5 Å². The smallest absolute Gasteiger partial charge is 0.159 e. The molecule has 0 aliphatic heterocycles. The van der Waals surface area contributed by atoms with Gasteiger partial charge in [-0.25, -0.2) is 0 Å². The Bertz CT molecular complexity index is 570. The van der Waals surface area contributed by atoms with Gasteiger partial charge in [0.25, 0.3) is 0 Å². The van der Waals surface area contributed by atoms with E-state index in [-0.39, 0.29) is 0 Å². The van der Waals surface area contributed by atoms with Gasteiger partial charge in [0, 0.05) is 18.9 Å². The molecule has 0 aliphatic carbocycles. The van der Waals surface area contributed by atoms with E-state index in [1.165, 1.54) is 0 Å². The van der Waals surface area contributed by atoms with E-state index >= 15 is 0 Å². The number of nitrogens with two attached hydrogens (primary N) is 1. The van der Waals surface area contributed by atoms with Crippen LogP contribution in [0, 0.1) is 6.92 Å². The van der Waals surface area contributed by atoms with Gasteiger partial charge in [-0.05, 0) is 30.2 Å². The average molecular weight is 259 g/mol. The van der Waals surface area contributed by atoms with Crippen molar-refractivity contribution in [1.82, 2.24) is 15.2 Å². The van der Waals surface area contributed by atoms with Crippen LogP contribution in [0.1, 0.15) is 16.7 Å². The van der Waals surface area contributed by atoms with Gasteiger partial charge in [0.2, 0.25) is 0 Å². The molecule has 0 saturated heterocycles. The Kier molecular flexibility index (Phi) is 3.78. The Balaban J connectivity index is 2.16. The molecule has 3 N–H and O–H groups in total. The highest BCUT2D eigenvalue weighted by atomic mass is 32.1. The zero-order valence-electron chi connectivity index (χ0n) is 9.92. The molecular weight excluding hydrogens is 246 g/mol. The fraction of sp³-hybridized carbons (Fsp3) is 0.167. The summed E-state index contributed by atoms with van der Waals surface area (Å²) in [6, 6.07) is 3.70. The van der Waals surface area contributed by atoms with E-state index in [4.69, 9.17) is 18.0 Å². The maximum Gasteiger partial charge on any atom is 0.159 e. The molecule has 0 fully saturated rings. The molecule has 5 nitrogen and oxygen atoms in total. The first-order valence-electron chi connectivity index (χ1n) is 5.43. The number of nitrogens with one attached hydrogen (secondary N) is 1. The molecule has 6 heteroatoms. The molecule has 2 aromatic rings. The summed E-state index contributed by atoms with van der Waals surface area (Å²) in [4.78, 5) is 4.35. The van der Waals surface area contributed by atoms with E-state index in [0.29, 0.717) is 22.9 Å². The molecule has 18 heavy (non-hydrogen) atoms. The van der Waals surface area contributed by atoms with Crippen molar-refractivity contribution in [2.75, 3.05) is 5.32 Å². The minimum absolute atomic E-state index is 0.304. The number of pyridine rings is 1. The summed E-state index contributed by atoms with van der Waals surface area (Å²) in [5.74, 6) is 0.598. The average Bonchev–Trinajstić information content (AvgIpc) is 2.38. The second-order valence-electron chi connectivity index (χ2n) is 3.81. The molecule has 2 aromatic heterocycles. The van der Waals surface area contributed by atoms with Crippen molar-refractivity contribution < 1.29 is 0 Å². The second-order valence-corrected chi connectivity index (χ2v) is 4.25. The number of rotatable bonds is 4. The van der Waals surface area contributed by atoms with Crippen molar-refractivity contribution in [3.05, 3.63) is 47.4 Å². The predicted octanol–water partition coefficient (Wildman–Crippen LogP) is 1.43. The van der Waals surface area contributed by atoms with E-state index in [9.17, 15) is 0 Å². The monoisotopic (exact) mass is 259 g/mol. The van der Waals surface area contributed by atoms with Crippen molar-refractivity contribution >= 4 is 23.0 Å². The summed E-state index contributed by atoms with van der Waals surface area (Å²) in [7, 11) is 0. The largest absolute Gasteiger partial charge is 0.389 e. The first-order valence-corrected chi connectivity index (χ1v) is 5.84. The Morgan fingerprint density at radius 3 is 2.94 bits per heavy atom.